The monoisotopic (exact) mass is 383 g/mol. The average molecular weight is 384 g/mol. The number of carbonyl (C=O) groups is 1. The summed E-state index contributed by atoms with van der Waals surface area (Å²) in [5, 5.41) is 11.4. The molecule has 27 heavy (non-hydrogen) atoms. The highest BCUT2D eigenvalue weighted by atomic mass is 32.1. The van der Waals surface area contributed by atoms with Crippen LogP contribution in [0, 0.1) is 0 Å². The highest BCUT2D eigenvalue weighted by molar-refractivity contribution is 7.11. The molecule has 2 heterocycles. The van der Waals surface area contributed by atoms with Gasteiger partial charge in [-0.15, -0.1) is 11.3 Å². The van der Waals surface area contributed by atoms with Crippen LogP contribution in [0.15, 0.2) is 41.3 Å². The second-order valence-electron chi connectivity index (χ2n) is 6.86. The fourth-order valence-corrected chi connectivity index (χ4v) is 4.09. The van der Waals surface area contributed by atoms with Gasteiger partial charge in [-0.05, 0) is 67.7 Å². The van der Waals surface area contributed by atoms with Crippen LogP contribution in [-0.2, 0) is 11.4 Å². The highest BCUT2D eigenvalue weighted by Crippen LogP contribution is 2.40. The van der Waals surface area contributed by atoms with Crippen LogP contribution in [0.2, 0.25) is 0 Å². The normalized spacial score (nSPS) is 15.3. The Morgan fingerprint density at radius 1 is 1.33 bits per heavy atom. The number of rotatable bonds is 6. The first-order valence-electron chi connectivity index (χ1n) is 9.12. The molecule has 0 amide bonds. The Morgan fingerprint density at radius 3 is 2.85 bits per heavy atom. The van der Waals surface area contributed by atoms with Crippen LogP contribution in [-0.4, -0.2) is 36.6 Å². The standard InChI is InChI=1S/C22H25NO3S/c1-4-16(22(24)25)12-15-7-8-20-19(13-15)18(6-5-10-23(2)3)21-17(14-26-20)9-11-27-21/h6-9,11-13H,4-5,10,14H2,1-3H3,(H,24,25). The summed E-state index contributed by atoms with van der Waals surface area (Å²) in [6, 6.07) is 8.04. The predicted molar refractivity (Wildman–Crippen MR) is 111 cm³/mol. The summed E-state index contributed by atoms with van der Waals surface area (Å²) in [4.78, 5) is 14.8. The number of hydrogen-bond acceptors (Lipinski definition) is 4. The predicted octanol–water partition coefficient (Wildman–Crippen LogP) is 4.90. The number of nitrogens with zero attached hydrogens (tertiary/aromatic N) is 1. The van der Waals surface area contributed by atoms with Gasteiger partial charge in [0.15, 0.2) is 0 Å². The van der Waals surface area contributed by atoms with Gasteiger partial charge < -0.3 is 14.7 Å². The molecule has 0 saturated heterocycles. The smallest absolute Gasteiger partial charge is 0.331 e. The van der Waals surface area contributed by atoms with Gasteiger partial charge in [0.2, 0.25) is 0 Å². The lowest BCUT2D eigenvalue weighted by Crippen LogP contribution is -2.12. The van der Waals surface area contributed by atoms with Crippen LogP contribution in [0.5, 0.6) is 5.75 Å². The van der Waals surface area contributed by atoms with Crippen molar-refractivity contribution in [3.05, 3.63) is 62.9 Å². The maximum Gasteiger partial charge on any atom is 0.331 e. The summed E-state index contributed by atoms with van der Waals surface area (Å²) in [6.45, 7) is 3.39. The lowest BCUT2D eigenvalue weighted by molar-refractivity contribution is -0.132. The molecule has 0 bridgehead atoms. The third kappa shape index (κ3) is 4.49. The molecule has 1 N–H and O–H groups in total. The fraction of sp³-hybridized carbons (Fsp3) is 0.318. The van der Waals surface area contributed by atoms with Gasteiger partial charge in [0.1, 0.15) is 12.4 Å². The van der Waals surface area contributed by atoms with Gasteiger partial charge in [-0.3, -0.25) is 0 Å². The number of hydrogen-bond donors (Lipinski definition) is 1. The zero-order valence-corrected chi connectivity index (χ0v) is 16.8. The van der Waals surface area contributed by atoms with Crippen LogP contribution in [0.3, 0.4) is 0 Å². The highest BCUT2D eigenvalue weighted by Gasteiger charge is 2.20. The van der Waals surface area contributed by atoms with Crippen LogP contribution >= 0.6 is 11.3 Å². The van der Waals surface area contributed by atoms with Gasteiger partial charge in [-0.25, -0.2) is 4.79 Å². The van der Waals surface area contributed by atoms with Crippen molar-refractivity contribution in [2.45, 2.75) is 26.4 Å². The van der Waals surface area contributed by atoms with Crippen molar-refractivity contribution in [1.29, 1.82) is 0 Å². The van der Waals surface area contributed by atoms with Gasteiger partial charge in [0, 0.05) is 28.1 Å². The Labute approximate surface area is 164 Å². The molecule has 1 aromatic carbocycles. The molecule has 4 nitrogen and oxygen atoms in total. The fourth-order valence-electron chi connectivity index (χ4n) is 3.12. The van der Waals surface area contributed by atoms with E-state index in [-0.39, 0.29) is 0 Å². The Hall–Kier alpha value is -2.37. The molecule has 0 fully saturated rings. The van der Waals surface area contributed by atoms with Crippen LogP contribution in [0.25, 0.3) is 11.6 Å². The topological polar surface area (TPSA) is 49.8 Å². The maximum atomic E-state index is 11.4. The van der Waals surface area contributed by atoms with Gasteiger partial charge >= 0.3 is 5.97 Å². The first-order chi connectivity index (χ1) is 13.0. The van der Waals surface area contributed by atoms with Crippen molar-refractivity contribution >= 4 is 29.0 Å². The molecule has 0 spiro atoms. The van der Waals surface area contributed by atoms with Crippen molar-refractivity contribution in [1.82, 2.24) is 4.90 Å². The molecule has 0 atom stereocenters. The van der Waals surface area contributed by atoms with E-state index in [0.717, 1.165) is 29.8 Å². The largest absolute Gasteiger partial charge is 0.488 e. The van der Waals surface area contributed by atoms with Crippen molar-refractivity contribution in [2.75, 3.05) is 20.6 Å². The number of carboxylic acids is 1. The molecule has 0 unspecified atom stereocenters. The minimum atomic E-state index is -0.869. The third-order valence-electron chi connectivity index (χ3n) is 4.59. The van der Waals surface area contributed by atoms with Crippen LogP contribution < -0.4 is 4.74 Å². The summed E-state index contributed by atoms with van der Waals surface area (Å²) < 4.78 is 6.04. The summed E-state index contributed by atoms with van der Waals surface area (Å²) >= 11 is 1.73. The third-order valence-corrected chi connectivity index (χ3v) is 5.58. The maximum absolute atomic E-state index is 11.4. The number of carboxylic acid groups (broad SMARTS) is 1. The summed E-state index contributed by atoms with van der Waals surface area (Å²) in [7, 11) is 4.14. The molecule has 2 aromatic rings. The molecule has 5 heteroatoms. The van der Waals surface area contributed by atoms with E-state index in [1.807, 2.05) is 25.1 Å². The summed E-state index contributed by atoms with van der Waals surface area (Å²) in [5.74, 6) is -0.0222. The molecule has 0 aliphatic carbocycles. The van der Waals surface area contributed by atoms with Gasteiger partial charge in [-0.1, -0.05) is 19.1 Å². The molecule has 1 aliphatic heterocycles. The average Bonchev–Trinajstić information content (AvgIpc) is 3.04. The first-order valence-corrected chi connectivity index (χ1v) is 10.00. The van der Waals surface area contributed by atoms with E-state index in [4.69, 9.17) is 4.74 Å². The quantitative estimate of drug-likeness (QED) is 0.721. The van der Waals surface area contributed by atoms with E-state index < -0.39 is 5.97 Å². The second-order valence-corrected chi connectivity index (χ2v) is 7.77. The Bertz CT molecular complexity index is 893. The molecular weight excluding hydrogens is 358 g/mol. The van der Waals surface area contributed by atoms with E-state index in [0.29, 0.717) is 18.6 Å². The Kier molecular flexibility index (Phi) is 6.14. The van der Waals surface area contributed by atoms with Crippen molar-refractivity contribution < 1.29 is 14.6 Å². The van der Waals surface area contributed by atoms with Crippen LogP contribution in [0.1, 0.15) is 41.3 Å². The Balaban J connectivity index is 2.07. The van der Waals surface area contributed by atoms with Gasteiger partial charge in [-0.2, -0.15) is 0 Å². The lowest BCUT2D eigenvalue weighted by Gasteiger charge is -2.12. The van der Waals surface area contributed by atoms with Gasteiger partial charge in [0.05, 0.1) is 0 Å². The number of ether oxygens (including phenoxy) is 1. The molecular formula is C22H25NO3S. The van der Waals surface area contributed by atoms with Crippen molar-refractivity contribution in [3.63, 3.8) is 0 Å². The number of thiophene rings is 1. The summed E-state index contributed by atoms with van der Waals surface area (Å²) in [5.41, 5.74) is 4.70. The van der Waals surface area contributed by atoms with Crippen LogP contribution in [0.4, 0.5) is 0 Å². The molecule has 3 rings (SSSR count). The number of aliphatic carboxylic acids is 1. The molecule has 142 valence electrons. The minimum Gasteiger partial charge on any atom is -0.488 e. The molecule has 0 radical (unpaired) electrons. The van der Waals surface area contributed by atoms with E-state index in [9.17, 15) is 9.90 Å². The summed E-state index contributed by atoms with van der Waals surface area (Å²) in [6.07, 6.45) is 5.45. The van der Waals surface area contributed by atoms with E-state index in [2.05, 4.69) is 36.5 Å². The Morgan fingerprint density at radius 2 is 2.15 bits per heavy atom. The van der Waals surface area contributed by atoms with Crippen molar-refractivity contribution in [2.24, 2.45) is 0 Å². The zero-order valence-electron chi connectivity index (χ0n) is 16.0. The minimum absolute atomic E-state index is 0.402. The van der Waals surface area contributed by atoms with Gasteiger partial charge in [0.25, 0.3) is 0 Å². The van der Waals surface area contributed by atoms with E-state index >= 15 is 0 Å². The SMILES string of the molecule is CCC(=Cc1ccc2c(c1)C(=CCCN(C)C)c1sccc1CO2)C(=O)O. The number of benzene rings is 1. The molecule has 0 saturated carbocycles. The zero-order chi connectivity index (χ0) is 19.4. The first kappa shape index (κ1) is 19.4. The van der Waals surface area contributed by atoms with E-state index in [1.165, 1.54) is 16.0 Å². The van der Waals surface area contributed by atoms with E-state index in [1.54, 1.807) is 17.4 Å². The lowest BCUT2D eigenvalue weighted by atomic mass is 9.97. The van der Waals surface area contributed by atoms with Crippen molar-refractivity contribution in [3.8, 4) is 5.75 Å². The molecule has 1 aromatic heterocycles. The second kappa shape index (κ2) is 8.55. The number of fused-ring (bicyclic) bond motifs is 2. The molecule has 1 aliphatic rings.